The number of nitrogens with zero attached hydrogens (tertiary/aromatic N) is 1. The average molecular weight is 295 g/mol. The molecular weight excluding hydrogens is 281 g/mol. The third-order valence-corrected chi connectivity index (χ3v) is 3.24. The average Bonchev–Trinajstić information content (AvgIpc) is 2.55. The van der Waals surface area contributed by atoms with E-state index in [-0.39, 0.29) is 11.4 Å². The molecular formula is C18H14FNO2. The summed E-state index contributed by atoms with van der Waals surface area (Å²) in [7, 11) is 0. The van der Waals surface area contributed by atoms with Crippen LogP contribution in [0.3, 0.4) is 0 Å². The van der Waals surface area contributed by atoms with Gasteiger partial charge in [0.25, 0.3) is 5.56 Å². The van der Waals surface area contributed by atoms with Crippen molar-refractivity contribution < 1.29 is 9.13 Å². The lowest BCUT2D eigenvalue weighted by atomic mass is 10.2. The molecule has 0 amide bonds. The van der Waals surface area contributed by atoms with Crippen LogP contribution in [0.25, 0.3) is 5.69 Å². The van der Waals surface area contributed by atoms with Crippen molar-refractivity contribution in [2.45, 2.75) is 6.61 Å². The Morgan fingerprint density at radius 3 is 2.36 bits per heavy atom. The summed E-state index contributed by atoms with van der Waals surface area (Å²) >= 11 is 0. The van der Waals surface area contributed by atoms with Gasteiger partial charge < -0.3 is 4.74 Å². The molecule has 0 spiro atoms. The molecule has 0 aliphatic rings. The van der Waals surface area contributed by atoms with E-state index in [0.717, 1.165) is 5.56 Å². The van der Waals surface area contributed by atoms with E-state index in [9.17, 15) is 9.18 Å². The van der Waals surface area contributed by atoms with Gasteiger partial charge in [0.15, 0.2) is 0 Å². The second-order valence-corrected chi connectivity index (χ2v) is 4.82. The Kier molecular flexibility index (Phi) is 4.01. The smallest absolute Gasteiger partial charge is 0.258 e. The first-order chi connectivity index (χ1) is 10.7. The fourth-order valence-corrected chi connectivity index (χ4v) is 2.11. The van der Waals surface area contributed by atoms with Crippen LogP contribution in [0.2, 0.25) is 0 Å². The Morgan fingerprint density at radius 2 is 1.68 bits per heavy atom. The largest absolute Gasteiger partial charge is 0.489 e. The van der Waals surface area contributed by atoms with Crippen LogP contribution in [0.15, 0.2) is 77.7 Å². The van der Waals surface area contributed by atoms with Crippen LogP contribution in [0, 0.1) is 5.82 Å². The lowest BCUT2D eigenvalue weighted by Gasteiger charge is -2.09. The molecule has 2 aromatic carbocycles. The Labute approximate surface area is 127 Å². The number of aromatic nitrogens is 1. The van der Waals surface area contributed by atoms with Crippen LogP contribution in [0.5, 0.6) is 5.75 Å². The second kappa shape index (κ2) is 6.26. The normalized spacial score (nSPS) is 10.4. The molecule has 0 bridgehead atoms. The molecule has 0 unspecified atom stereocenters. The molecule has 3 aromatic rings. The molecule has 22 heavy (non-hydrogen) atoms. The number of ether oxygens (including phenoxy) is 1. The highest BCUT2D eigenvalue weighted by Crippen LogP contribution is 2.12. The van der Waals surface area contributed by atoms with Crippen LogP contribution < -0.4 is 10.3 Å². The molecule has 1 heterocycles. The summed E-state index contributed by atoms with van der Waals surface area (Å²) in [5, 5.41) is 0. The van der Waals surface area contributed by atoms with E-state index in [1.165, 1.54) is 22.8 Å². The van der Waals surface area contributed by atoms with E-state index in [4.69, 9.17) is 4.74 Å². The summed E-state index contributed by atoms with van der Waals surface area (Å²) < 4.78 is 20.0. The van der Waals surface area contributed by atoms with Crippen molar-refractivity contribution in [1.82, 2.24) is 4.57 Å². The third-order valence-electron chi connectivity index (χ3n) is 3.24. The molecule has 110 valence electrons. The Bertz CT molecular complexity index is 810. The highest BCUT2D eigenvalue weighted by atomic mass is 19.1. The summed E-state index contributed by atoms with van der Waals surface area (Å²) in [4.78, 5) is 12.1. The van der Waals surface area contributed by atoms with E-state index in [1.54, 1.807) is 24.4 Å². The van der Waals surface area contributed by atoms with Gasteiger partial charge in [0.1, 0.15) is 18.2 Å². The molecule has 0 fully saturated rings. The van der Waals surface area contributed by atoms with E-state index < -0.39 is 0 Å². The van der Waals surface area contributed by atoms with E-state index in [2.05, 4.69) is 0 Å². The maximum Gasteiger partial charge on any atom is 0.258 e. The summed E-state index contributed by atoms with van der Waals surface area (Å²) in [6, 6.07) is 18.6. The van der Waals surface area contributed by atoms with E-state index in [0.29, 0.717) is 18.0 Å². The van der Waals surface area contributed by atoms with Gasteiger partial charge in [-0.05, 0) is 35.9 Å². The van der Waals surface area contributed by atoms with Crippen LogP contribution in [-0.4, -0.2) is 4.57 Å². The van der Waals surface area contributed by atoms with Gasteiger partial charge in [0, 0.05) is 18.0 Å². The molecule has 0 aliphatic carbocycles. The van der Waals surface area contributed by atoms with Gasteiger partial charge in [-0.15, -0.1) is 0 Å². The second-order valence-electron chi connectivity index (χ2n) is 4.82. The quantitative estimate of drug-likeness (QED) is 0.737. The minimum absolute atomic E-state index is 0.225. The summed E-state index contributed by atoms with van der Waals surface area (Å²) in [6.45, 7) is 0.404. The zero-order valence-corrected chi connectivity index (χ0v) is 11.8. The first-order valence-corrected chi connectivity index (χ1v) is 6.88. The lowest BCUT2D eigenvalue weighted by molar-refractivity contribution is 0.305. The number of benzene rings is 2. The number of pyridine rings is 1. The van der Waals surface area contributed by atoms with Crippen LogP contribution in [-0.2, 0) is 6.61 Å². The standard InChI is InChI=1S/C18H14FNO2/c19-15-6-8-16(9-7-15)20-11-10-17(12-18(20)21)22-13-14-4-2-1-3-5-14/h1-12H,13H2. The van der Waals surface area contributed by atoms with Crippen molar-refractivity contribution in [3.63, 3.8) is 0 Å². The number of hydrogen-bond acceptors (Lipinski definition) is 2. The first-order valence-electron chi connectivity index (χ1n) is 6.88. The minimum atomic E-state index is -0.334. The fourth-order valence-electron chi connectivity index (χ4n) is 2.11. The van der Waals surface area contributed by atoms with Gasteiger partial charge in [-0.2, -0.15) is 0 Å². The van der Waals surface area contributed by atoms with Gasteiger partial charge in [-0.1, -0.05) is 30.3 Å². The third kappa shape index (κ3) is 3.23. The Hall–Kier alpha value is -2.88. The Morgan fingerprint density at radius 1 is 0.955 bits per heavy atom. The SMILES string of the molecule is O=c1cc(OCc2ccccc2)ccn1-c1ccc(F)cc1. The monoisotopic (exact) mass is 295 g/mol. The minimum Gasteiger partial charge on any atom is -0.489 e. The molecule has 0 saturated heterocycles. The summed E-state index contributed by atoms with van der Waals surface area (Å²) in [6.07, 6.45) is 1.62. The summed E-state index contributed by atoms with van der Waals surface area (Å²) in [5.74, 6) is 0.173. The molecule has 0 saturated carbocycles. The van der Waals surface area contributed by atoms with Gasteiger partial charge in [-0.3, -0.25) is 9.36 Å². The van der Waals surface area contributed by atoms with Crippen molar-refractivity contribution in [3.8, 4) is 11.4 Å². The fraction of sp³-hybridized carbons (Fsp3) is 0.0556. The topological polar surface area (TPSA) is 31.2 Å². The number of halogens is 1. The van der Waals surface area contributed by atoms with Crippen LogP contribution >= 0.6 is 0 Å². The highest BCUT2D eigenvalue weighted by Gasteiger charge is 2.03. The van der Waals surface area contributed by atoms with Crippen molar-refractivity contribution in [1.29, 1.82) is 0 Å². The van der Waals surface area contributed by atoms with Crippen LogP contribution in [0.4, 0.5) is 4.39 Å². The predicted molar refractivity (Wildman–Crippen MR) is 82.8 cm³/mol. The van der Waals surface area contributed by atoms with Gasteiger partial charge in [-0.25, -0.2) is 4.39 Å². The Balaban J connectivity index is 1.77. The zero-order valence-electron chi connectivity index (χ0n) is 11.8. The first kappa shape index (κ1) is 14.1. The molecule has 0 atom stereocenters. The van der Waals surface area contributed by atoms with Crippen molar-refractivity contribution in [3.05, 3.63) is 94.7 Å². The van der Waals surface area contributed by atoms with Crippen molar-refractivity contribution in [2.75, 3.05) is 0 Å². The maximum atomic E-state index is 12.9. The van der Waals surface area contributed by atoms with Crippen molar-refractivity contribution in [2.24, 2.45) is 0 Å². The van der Waals surface area contributed by atoms with Gasteiger partial charge in [0.05, 0.1) is 0 Å². The van der Waals surface area contributed by atoms with E-state index in [1.807, 2.05) is 30.3 Å². The molecule has 0 aliphatic heterocycles. The predicted octanol–water partition coefficient (Wildman–Crippen LogP) is 3.56. The molecule has 4 heteroatoms. The lowest BCUT2D eigenvalue weighted by Crippen LogP contribution is -2.16. The highest BCUT2D eigenvalue weighted by molar-refractivity contribution is 5.34. The zero-order chi connectivity index (χ0) is 15.4. The van der Waals surface area contributed by atoms with Gasteiger partial charge >= 0.3 is 0 Å². The molecule has 1 aromatic heterocycles. The number of hydrogen-bond donors (Lipinski definition) is 0. The van der Waals surface area contributed by atoms with Crippen molar-refractivity contribution >= 4 is 0 Å². The number of rotatable bonds is 4. The molecule has 0 N–H and O–H groups in total. The van der Waals surface area contributed by atoms with Gasteiger partial charge in [0.2, 0.25) is 0 Å². The summed E-state index contributed by atoms with van der Waals surface area (Å²) in [5.41, 5.74) is 1.42. The molecule has 3 nitrogen and oxygen atoms in total. The maximum absolute atomic E-state index is 12.9. The molecule has 3 rings (SSSR count). The van der Waals surface area contributed by atoms with E-state index >= 15 is 0 Å². The van der Waals surface area contributed by atoms with Crippen LogP contribution in [0.1, 0.15) is 5.56 Å². The molecule has 0 radical (unpaired) electrons.